The molecule has 11 heteroatoms. The lowest BCUT2D eigenvalue weighted by atomic mass is 10.0. The highest BCUT2D eigenvalue weighted by molar-refractivity contribution is 9.11. The molecule has 0 aliphatic carbocycles. The van der Waals surface area contributed by atoms with E-state index in [4.69, 9.17) is 16.3 Å². The Balaban J connectivity index is 1.15. The quantitative estimate of drug-likeness (QED) is 0.339. The van der Waals surface area contributed by atoms with E-state index >= 15 is 0 Å². The van der Waals surface area contributed by atoms with E-state index in [-0.39, 0.29) is 24.0 Å². The summed E-state index contributed by atoms with van der Waals surface area (Å²) in [5.74, 6) is 1.04. The number of carbonyl (C=O) groups excluding carboxylic acids is 3. The lowest BCUT2D eigenvalue weighted by molar-refractivity contribution is -0.130. The molecule has 42 heavy (non-hydrogen) atoms. The number of anilines is 1. The summed E-state index contributed by atoms with van der Waals surface area (Å²) in [5, 5.41) is 0.612. The SMILES string of the molecule is CC(=O)N1CCC(OC(=O)N(CCCN2CC3CN(C(=O)c4cc(Br)ccc4Br)CC3C2)c2ccc(C)c(Cl)c2)CC1. The molecule has 3 amide bonds. The maximum absolute atomic E-state index is 13.4. The summed E-state index contributed by atoms with van der Waals surface area (Å²) in [6.07, 6.45) is 1.49. The van der Waals surface area contributed by atoms with Gasteiger partial charge in [-0.05, 0) is 83.6 Å². The molecule has 3 aliphatic heterocycles. The van der Waals surface area contributed by atoms with Gasteiger partial charge >= 0.3 is 6.09 Å². The van der Waals surface area contributed by atoms with Crippen LogP contribution in [-0.4, -0.2) is 91.1 Å². The molecule has 0 saturated carbocycles. The van der Waals surface area contributed by atoms with Crippen molar-refractivity contribution in [2.75, 3.05) is 57.3 Å². The van der Waals surface area contributed by atoms with Gasteiger partial charge in [-0.2, -0.15) is 0 Å². The van der Waals surface area contributed by atoms with Crippen LogP contribution in [0.2, 0.25) is 5.02 Å². The van der Waals surface area contributed by atoms with Gasteiger partial charge in [-0.25, -0.2) is 4.79 Å². The number of amides is 3. The average Bonchev–Trinajstić information content (AvgIpc) is 3.53. The molecule has 2 aromatic carbocycles. The van der Waals surface area contributed by atoms with Gasteiger partial charge in [-0.3, -0.25) is 14.5 Å². The topological polar surface area (TPSA) is 73.4 Å². The van der Waals surface area contributed by atoms with Gasteiger partial charge in [0.05, 0.1) is 5.56 Å². The summed E-state index contributed by atoms with van der Waals surface area (Å²) < 4.78 is 7.63. The number of fused-ring (bicyclic) bond motifs is 1. The van der Waals surface area contributed by atoms with Crippen LogP contribution >= 0.6 is 43.5 Å². The average molecular weight is 725 g/mol. The van der Waals surface area contributed by atoms with Crippen molar-refractivity contribution in [2.45, 2.75) is 39.2 Å². The van der Waals surface area contributed by atoms with E-state index in [1.165, 1.54) is 0 Å². The number of ether oxygens (including phenoxy) is 1. The molecule has 3 saturated heterocycles. The van der Waals surface area contributed by atoms with Crippen molar-refractivity contribution in [3.05, 3.63) is 61.5 Å². The van der Waals surface area contributed by atoms with E-state index in [1.54, 1.807) is 16.7 Å². The third kappa shape index (κ3) is 7.31. The Morgan fingerprint density at radius 3 is 2.31 bits per heavy atom. The minimum absolute atomic E-state index is 0.0542. The van der Waals surface area contributed by atoms with Crippen molar-refractivity contribution >= 4 is 67.1 Å². The predicted octanol–water partition coefficient (Wildman–Crippen LogP) is 6.22. The number of rotatable bonds is 7. The van der Waals surface area contributed by atoms with E-state index in [9.17, 15) is 14.4 Å². The number of aryl methyl sites for hydroxylation is 1. The maximum Gasteiger partial charge on any atom is 0.414 e. The number of likely N-dealkylation sites (tertiary alicyclic amines) is 3. The van der Waals surface area contributed by atoms with Gasteiger partial charge in [-0.1, -0.05) is 33.6 Å². The first-order valence-electron chi connectivity index (χ1n) is 14.6. The molecule has 0 spiro atoms. The predicted molar refractivity (Wildman–Crippen MR) is 171 cm³/mol. The Morgan fingerprint density at radius 2 is 1.67 bits per heavy atom. The molecular weight excluding hydrogens is 688 g/mol. The smallest absolute Gasteiger partial charge is 0.414 e. The minimum Gasteiger partial charge on any atom is -0.446 e. The number of benzene rings is 2. The number of halogens is 3. The van der Waals surface area contributed by atoms with Gasteiger partial charge in [0, 0.05) is 85.2 Å². The second-order valence-electron chi connectivity index (χ2n) is 11.6. The molecule has 3 aliphatic rings. The molecule has 3 heterocycles. The Labute approximate surface area is 269 Å². The van der Waals surface area contributed by atoms with Gasteiger partial charge in [0.2, 0.25) is 5.91 Å². The number of hydrogen-bond donors (Lipinski definition) is 0. The Kier molecular flexibility index (Phi) is 10.2. The number of piperidine rings is 1. The highest BCUT2D eigenvalue weighted by atomic mass is 79.9. The molecule has 2 unspecified atom stereocenters. The maximum atomic E-state index is 13.4. The molecule has 0 radical (unpaired) electrons. The zero-order valence-electron chi connectivity index (χ0n) is 24.0. The van der Waals surface area contributed by atoms with E-state index in [0.29, 0.717) is 54.9 Å². The molecule has 2 atom stereocenters. The largest absolute Gasteiger partial charge is 0.446 e. The lowest BCUT2D eigenvalue weighted by Crippen LogP contribution is -2.43. The van der Waals surface area contributed by atoms with Gasteiger partial charge in [0.25, 0.3) is 5.91 Å². The standard InChI is InChI=1S/C31H37Br2ClN4O4/c1-20-4-6-25(15-29(20)34)38(31(41)42-26-8-12-36(13-9-26)21(2)39)11-3-10-35-16-22-18-37(19-23(22)17-35)30(40)27-14-24(32)5-7-28(27)33/h4-7,14-15,22-23,26H,3,8-13,16-19H2,1-2H3. The Hall–Kier alpha value is -2.14. The van der Waals surface area contributed by atoms with Crippen molar-refractivity contribution in [3.8, 4) is 0 Å². The third-order valence-electron chi connectivity index (χ3n) is 8.71. The lowest BCUT2D eigenvalue weighted by Gasteiger charge is -2.32. The van der Waals surface area contributed by atoms with Gasteiger partial charge < -0.3 is 19.4 Å². The zero-order chi connectivity index (χ0) is 30.0. The number of carbonyl (C=O) groups is 3. The summed E-state index contributed by atoms with van der Waals surface area (Å²) in [6, 6.07) is 11.4. The third-order valence-corrected chi connectivity index (χ3v) is 10.3. The number of nitrogens with zero attached hydrogens (tertiary/aromatic N) is 4. The fourth-order valence-electron chi connectivity index (χ4n) is 6.29. The summed E-state index contributed by atoms with van der Waals surface area (Å²) in [7, 11) is 0. The van der Waals surface area contributed by atoms with Crippen molar-refractivity contribution in [3.63, 3.8) is 0 Å². The van der Waals surface area contributed by atoms with Crippen molar-refractivity contribution in [1.29, 1.82) is 0 Å². The molecule has 5 rings (SSSR count). The van der Waals surface area contributed by atoms with E-state index in [1.807, 2.05) is 48.2 Å². The normalized spacial score (nSPS) is 21.0. The molecule has 0 N–H and O–H groups in total. The van der Waals surface area contributed by atoms with Crippen LogP contribution in [0.4, 0.5) is 10.5 Å². The van der Waals surface area contributed by atoms with Crippen LogP contribution in [0.15, 0.2) is 45.3 Å². The fourth-order valence-corrected chi connectivity index (χ4v) is 7.25. The van der Waals surface area contributed by atoms with Crippen molar-refractivity contribution in [2.24, 2.45) is 11.8 Å². The highest BCUT2D eigenvalue weighted by Gasteiger charge is 2.41. The van der Waals surface area contributed by atoms with Crippen LogP contribution in [0.3, 0.4) is 0 Å². The van der Waals surface area contributed by atoms with E-state index < -0.39 is 0 Å². The molecule has 0 aromatic heterocycles. The van der Waals surface area contributed by atoms with Gasteiger partial charge in [0.15, 0.2) is 0 Å². The fraction of sp³-hybridized carbons (Fsp3) is 0.516. The Morgan fingerprint density at radius 1 is 0.976 bits per heavy atom. The summed E-state index contributed by atoms with van der Waals surface area (Å²) in [4.78, 5) is 46.2. The molecule has 3 fully saturated rings. The first-order chi connectivity index (χ1) is 20.1. The van der Waals surface area contributed by atoms with E-state index in [0.717, 1.165) is 59.3 Å². The molecule has 226 valence electrons. The van der Waals surface area contributed by atoms with Crippen molar-refractivity contribution in [1.82, 2.24) is 14.7 Å². The van der Waals surface area contributed by atoms with Crippen LogP contribution < -0.4 is 4.90 Å². The Bertz CT molecular complexity index is 1320. The van der Waals surface area contributed by atoms with Crippen LogP contribution in [-0.2, 0) is 9.53 Å². The van der Waals surface area contributed by atoms with Crippen molar-refractivity contribution < 1.29 is 19.1 Å². The van der Waals surface area contributed by atoms with Crippen LogP contribution in [0, 0.1) is 18.8 Å². The molecule has 2 aromatic rings. The molecule has 0 bridgehead atoms. The van der Waals surface area contributed by atoms with Crippen LogP contribution in [0.1, 0.15) is 42.1 Å². The van der Waals surface area contributed by atoms with Gasteiger partial charge in [-0.15, -0.1) is 0 Å². The van der Waals surface area contributed by atoms with Gasteiger partial charge in [0.1, 0.15) is 6.10 Å². The van der Waals surface area contributed by atoms with Crippen LogP contribution in [0.25, 0.3) is 0 Å². The second-order valence-corrected chi connectivity index (χ2v) is 13.8. The summed E-state index contributed by atoms with van der Waals surface area (Å²) >= 11 is 13.4. The first-order valence-corrected chi connectivity index (χ1v) is 16.5. The summed E-state index contributed by atoms with van der Waals surface area (Å²) in [6.45, 7) is 9.51. The summed E-state index contributed by atoms with van der Waals surface area (Å²) in [5.41, 5.74) is 2.37. The first kappa shape index (κ1) is 31.3. The molecular formula is C31H37Br2ClN4O4. The minimum atomic E-state index is -0.373. The van der Waals surface area contributed by atoms with E-state index in [2.05, 4.69) is 36.8 Å². The molecule has 8 nitrogen and oxygen atoms in total. The monoisotopic (exact) mass is 722 g/mol. The second kappa shape index (κ2) is 13.7. The zero-order valence-corrected chi connectivity index (χ0v) is 28.0. The highest BCUT2D eigenvalue weighted by Crippen LogP contribution is 2.33. The number of hydrogen-bond acceptors (Lipinski definition) is 5. The van der Waals surface area contributed by atoms with Crippen LogP contribution in [0.5, 0.6) is 0 Å².